The van der Waals surface area contributed by atoms with Crippen molar-refractivity contribution in [2.45, 2.75) is 86.0 Å². The van der Waals surface area contributed by atoms with Gasteiger partial charge in [-0.2, -0.15) is 0 Å². The lowest BCUT2D eigenvalue weighted by Gasteiger charge is -2.31. The van der Waals surface area contributed by atoms with Crippen molar-refractivity contribution < 1.29 is 19.8 Å². The molecule has 0 spiro atoms. The Morgan fingerprint density at radius 3 is 2.38 bits per heavy atom. The van der Waals surface area contributed by atoms with Crippen molar-refractivity contribution in [3.63, 3.8) is 0 Å². The molecule has 3 N–H and O–H groups in total. The minimum absolute atomic E-state index is 0.0403. The molecule has 0 aromatic heterocycles. The number of unbranched alkanes of at least 4 members (excludes halogenated alkanes) is 5. The number of hydrogen-bond acceptors (Lipinski definition) is 4. The summed E-state index contributed by atoms with van der Waals surface area (Å²) in [6, 6.07) is 6.52. The van der Waals surface area contributed by atoms with Gasteiger partial charge in [0, 0.05) is 25.3 Å². The van der Waals surface area contributed by atoms with Gasteiger partial charge in [0.2, 0.25) is 0 Å². The second-order valence-corrected chi connectivity index (χ2v) is 11.3. The number of aromatic carboxylic acids is 1. The Morgan fingerprint density at radius 2 is 1.70 bits per heavy atom. The summed E-state index contributed by atoms with van der Waals surface area (Å²) in [4.78, 5) is 27.4. The van der Waals surface area contributed by atoms with Crippen LogP contribution in [0, 0.1) is 19.3 Å². The number of fused-ring (bicyclic) bond motifs is 1. The van der Waals surface area contributed by atoms with Crippen molar-refractivity contribution in [1.82, 2.24) is 5.32 Å². The van der Waals surface area contributed by atoms with Crippen LogP contribution in [-0.4, -0.2) is 41.7 Å². The highest BCUT2D eigenvalue weighted by atomic mass is 16.4. The lowest BCUT2D eigenvalue weighted by molar-refractivity contribution is 0.0694. The fraction of sp³-hybridized carbons (Fsp3) is 0.548. The molecule has 1 aliphatic heterocycles. The molecule has 1 heterocycles. The van der Waals surface area contributed by atoms with Crippen LogP contribution in [0.2, 0.25) is 0 Å². The van der Waals surface area contributed by atoms with E-state index in [1.54, 1.807) is 18.2 Å². The molecular weight excluding hydrogens is 464 g/mol. The zero-order chi connectivity index (χ0) is 27.2. The van der Waals surface area contributed by atoms with Crippen molar-refractivity contribution in [2.75, 3.05) is 24.5 Å². The summed E-state index contributed by atoms with van der Waals surface area (Å²) >= 11 is 0. The number of amides is 1. The quantitative estimate of drug-likeness (QED) is 0.271. The number of hydrogen-bond donors (Lipinski definition) is 3. The van der Waals surface area contributed by atoms with Gasteiger partial charge >= 0.3 is 5.97 Å². The third-order valence-electron chi connectivity index (χ3n) is 7.70. The number of rotatable bonds is 13. The van der Waals surface area contributed by atoms with Gasteiger partial charge in [-0.3, -0.25) is 4.79 Å². The average molecular weight is 509 g/mol. The van der Waals surface area contributed by atoms with Crippen LogP contribution in [0.25, 0.3) is 0 Å². The zero-order valence-electron chi connectivity index (χ0n) is 23.2. The van der Waals surface area contributed by atoms with E-state index >= 15 is 0 Å². The van der Waals surface area contributed by atoms with E-state index in [1.165, 1.54) is 43.9 Å². The summed E-state index contributed by atoms with van der Waals surface area (Å²) in [6.45, 7) is 12.6. The summed E-state index contributed by atoms with van der Waals surface area (Å²) in [5.41, 5.74) is 5.54. The number of aromatic hydroxyl groups is 1. The maximum absolute atomic E-state index is 12.7. The summed E-state index contributed by atoms with van der Waals surface area (Å²) in [6.07, 6.45) is 8.97. The second kappa shape index (κ2) is 12.5. The van der Waals surface area contributed by atoms with E-state index in [2.05, 4.69) is 31.0 Å². The number of benzene rings is 2. The molecule has 6 heteroatoms. The SMILES string of the molecule is CCCCCCCCN1CCc2c(C)c(C(=O)O)c(C)c(CC(C)(C)CNC(=O)c3ccccc3O)c21. The number of phenols is 1. The van der Waals surface area contributed by atoms with Crippen LogP contribution in [0.4, 0.5) is 5.69 Å². The summed E-state index contributed by atoms with van der Waals surface area (Å²) in [5, 5.41) is 23.1. The molecule has 0 unspecified atom stereocenters. The minimum Gasteiger partial charge on any atom is -0.507 e. The maximum Gasteiger partial charge on any atom is 0.336 e. The first-order valence-electron chi connectivity index (χ1n) is 13.8. The summed E-state index contributed by atoms with van der Waals surface area (Å²) in [7, 11) is 0. The number of carboxylic acid groups (broad SMARTS) is 1. The van der Waals surface area contributed by atoms with Gasteiger partial charge in [0.15, 0.2) is 0 Å². The van der Waals surface area contributed by atoms with Crippen LogP contribution >= 0.6 is 0 Å². The lowest BCUT2D eigenvalue weighted by atomic mass is 9.80. The van der Waals surface area contributed by atoms with E-state index in [9.17, 15) is 19.8 Å². The number of carboxylic acids is 1. The first-order valence-corrected chi connectivity index (χ1v) is 13.8. The van der Waals surface area contributed by atoms with Gasteiger partial charge in [-0.05, 0) is 72.9 Å². The van der Waals surface area contributed by atoms with Crippen molar-refractivity contribution in [3.05, 3.63) is 57.6 Å². The molecule has 0 saturated heterocycles. The van der Waals surface area contributed by atoms with Crippen molar-refractivity contribution in [2.24, 2.45) is 5.41 Å². The summed E-state index contributed by atoms with van der Waals surface area (Å²) in [5.74, 6) is -1.23. The number of carbonyl (C=O) groups excluding carboxylic acids is 1. The predicted octanol–water partition coefficient (Wildman–Crippen LogP) is 6.43. The highest BCUT2D eigenvalue weighted by Gasteiger charge is 2.32. The molecule has 2 aromatic carbocycles. The maximum atomic E-state index is 12.7. The van der Waals surface area contributed by atoms with E-state index in [0.717, 1.165) is 48.2 Å². The molecule has 37 heavy (non-hydrogen) atoms. The monoisotopic (exact) mass is 508 g/mol. The molecule has 0 atom stereocenters. The average Bonchev–Trinajstić information content (AvgIpc) is 3.27. The van der Waals surface area contributed by atoms with Gasteiger partial charge < -0.3 is 20.4 Å². The zero-order valence-corrected chi connectivity index (χ0v) is 23.2. The van der Waals surface area contributed by atoms with Crippen LogP contribution < -0.4 is 10.2 Å². The van der Waals surface area contributed by atoms with Gasteiger partial charge in [-0.25, -0.2) is 4.79 Å². The van der Waals surface area contributed by atoms with Crippen LogP contribution in [0.1, 0.15) is 102 Å². The first kappa shape index (κ1) is 28.5. The minimum atomic E-state index is -0.876. The predicted molar refractivity (Wildman–Crippen MR) is 150 cm³/mol. The third-order valence-corrected chi connectivity index (χ3v) is 7.70. The number of carbonyl (C=O) groups is 2. The van der Waals surface area contributed by atoms with Crippen LogP contribution in [0.3, 0.4) is 0 Å². The molecule has 0 radical (unpaired) electrons. The Balaban J connectivity index is 1.83. The number of nitrogens with one attached hydrogen (secondary N) is 1. The number of phenolic OH excluding ortho intramolecular Hbond substituents is 1. The van der Waals surface area contributed by atoms with E-state index in [1.807, 2.05) is 13.8 Å². The Bertz CT molecular complexity index is 1120. The number of nitrogens with zero attached hydrogens (tertiary/aromatic N) is 1. The number of para-hydroxylation sites is 1. The van der Waals surface area contributed by atoms with E-state index < -0.39 is 5.97 Å². The molecule has 3 rings (SSSR count). The Morgan fingerprint density at radius 1 is 1.03 bits per heavy atom. The molecule has 0 bridgehead atoms. The molecule has 0 aliphatic carbocycles. The molecule has 0 saturated carbocycles. The molecule has 1 aliphatic rings. The summed E-state index contributed by atoms with van der Waals surface area (Å²) < 4.78 is 0. The smallest absolute Gasteiger partial charge is 0.336 e. The van der Waals surface area contributed by atoms with Gasteiger partial charge in [-0.1, -0.05) is 65.0 Å². The van der Waals surface area contributed by atoms with Crippen LogP contribution in [0.15, 0.2) is 24.3 Å². The second-order valence-electron chi connectivity index (χ2n) is 11.3. The molecule has 202 valence electrons. The van der Waals surface area contributed by atoms with Crippen molar-refractivity contribution in [1.29, 1.82) is 0 Å². The van der Waals surface area contributed by atoms with Crippen molar-refractivity contribution in [3.8, 4) is 5.75 Å². The van der Waals surface area contributed by atoms with E-state index in [-0.39, 0.29) is 22.6 Å². The van der Waals surface area contributed by atoms with Gasteiger partial charge in [-0.15, -0.1) is 0 Å². The number of anilines is 1. The first-order chi connectivity index (χ1) is 17.6. The third kappa shape index (κ3) is 6.85. The molecule has 2 aromatic rings. The van der Waals surface area contributed by atoms with E-state index in [4.69, 9.17) is 0 Å². The highest BCUT2D eigenvalue weighted by Crippen LogP contribution is 2.41. The topological polar surface area (TPSA) is 89.9 Å². The standard InChI is InChI=1S/C31H44N2O4/c1-6-7-8-9-10-13-17-33-18-16-23-21(2)27(30(36)37)22(3)25(28(23)33)19-31(4,5)20-32-29(35)24-14-11-12-15-26(24)34/h11-12,14-15,34H,6-10,13,16-20H2,1-5H3,(H,32,35)(H,36,37). The Labute approximate surface area is 222 Å². The fourth-order valence-corrected chi connectivity index (χ4v) is 5.63. The van der Waals surface area contributed by atoms with E-state index in [0.29, 0.717) is 18.5 Å². The van der Waals surface area contributed by atoms with Gasteiger partial charge in [0.25, 0.3) is 5.91 Å². The lowest BCUT2D eigenvalue weighted by Crippen LogP contribution is -2.36. The Kier molecular flexibility index (Phi) is 9.63. The van der Waals surface area contributed by atoms with Crippen LogP contribution in [-0.2, 0) is 12.8 Å². The molecule has 6 nitrogen and oxygen atoms in total. The van der Waals surface area contributed by atoms with Gasteiger partial charge in [0.05, 0.1) is 11.1 Å². The molecular formula is C31H44N2O4. The molecule has 1 amide bonds. The largest absolute Gasteiger partial charge is 0.507 e. The van der Waals surface area contributed by atoms with Gasteiger partial charge in [0.1, 0.15) is 5.75 Å². The normalized spacial score (nSPS) is 13.1. The molecule has 0 fully saturated rings. The Hall–Kier alpha value is -3.02. The fourth-order valence-electron chi connectivity index (χ4n) is 5.63. The highest BCUT2D eigenvalue weighted by molar-refractivity contribution is 5.97. The van der Waals surface area contributed by atoms with Crippen molar-refractivity contribution >= 4 is 17.6 Å². The van der Waals surface area contributed by atoms with Crippen LogP contribution in [0.5, 0.6) is 5.75 Å².